The number of esters is 1. The summed E-state index contributed by atoms with van der Waals surface area (Å²) in [6, 6.07) is 5.46. The van der Waals surface area contributed by atoms with Crippen molar-refractivity contribution in [1.82, 2.24) is 10.2 Å². The maximum atomic E-state index is 13.5. The van der Waals surface area contributed by atoms with E-state index in [0.29, 0.717) is 44.0 Å². The largest absolute Gasteiger partial charge is 0.493 e. The Hall–Kier alpha value is -3.58. The number of carbonyl (C=O) groups excluding carboxylic acids is 4. The zero-order valence-corrected chi connectivity index (χ0v) is 32.7. The summed E-state index contributed by atoms with van der Waals surface area (Å²) in [5.41, 5.74) is 4.91. The van der Waals surface area contributed by atoms with Crippen LogP contribution in [0.3, 0.4) is 0 Å². The quantitative estimate of drug-likeness (QED) is 0.102. The van der Waals surface area contributed by atoms with Crippen LogP contribution in [0.1, 0.15) is 87.1 Å². The molecule has 0 saturated carbocycles. The van der Waals surface area contributed by atoms with Gasteiger partial charge in [0.15, 0.2) is 11.5 Å². The van der Waals surface area contributed by atoms with Crippen molar-refractivity contribution in [3.05, 3.63) is 23.8 Å². The highest BCUT2D eigenvalue weighted by Gasteiger charge is 2.43. The number of hydrogen-bond acceptors (Lipinski definition) is 10. The van der Waals surface area contributed by atoms with Gasteiger partial charge in [-0.1, -0.05) is 33.8 Å². The number of rotatable bonds is 20. The van der Waals surface area contributed by atoms with E-state index in [0.717, 1.165) is 12.0 Å². The van der Waals surface area contributed by atoms with Crippen LogP contribution in [0, 0.1) is 34.5 Å². The Bertz CT molecular complexity index is 1290. The molecule has 2 unspecified atom stereocenters. The summed E-state index contributed by atoms with van der Waals surface area (Å²) in [6.07, 6.45) is 1.14. The van der Waals surface area contributed by atoms with Gasteiger partial charge in [-0.15, -0.1) is 0 Å². The Balaban J connectivity index is 2.35. The lowest BCUT2D eigenvalue weighted by atomic mass is 9.80. The molecular weight excluding hydrogens is 658 g/mol. The van der Waals surface area contributed by atoms with E-state index in [1.54, 1.807) is 48.8 Å². The predicted octanol–water partition coefficient (Wildman–Crippen LogP) is 5.32. The molecule has 1 aliphatic rings. The molecule has 3 N–H and O–H groups in total. The van der Waals surface area contributed by atoms with Gasteiger partial charge >= 0.3 is 12.1 Å². The molecule has 1 aromatic rings. The molecule has 13 nitrogen and oxygen atoms in total. The standard InChI is InChI=1S/C38H63N3O10/c1-24(2)27(17-26-13-14-30(47-11)32(18-26)48-16-12-15-46-10)19-29-31(20-28(25(3)4)33(42)40-21-38(8,9)34(39)43)49-22-41(29)36(45)51-23-50-35(44)37(5,6)7/h13-14,18,24-25,27-29,31H,12,15-17,19-23H2,1-11H3,(H2,39,43)(H,40,42)/t27-,28+,29?,31?/m1/s1. The van der Waals surface area contributed by atoms with Crippen molar-refractivity contribution < 1.29 is 47.6 Å². The second kappa shape index (κ2) is 19.9. The molecule has 4 atom stereocenters. The normalized spacial score (nSPS) is 17.6. The zero-order valence-electron chi connectivity index (χ0n) is 32.7. The van der Waals surface area contributed by atoms with Gasteiger partial charge in [0, 0.05) is 32.6 Å². The average Bonchev–Trinajstić information content (AvgIpc) is 3.45. The summed E-state index contributed by atoms with van der Waals surface area (Å²) in [7, 11) is 3.26. The van der Waals surface area contributed by atoms with Gasteiger partial charge in [-0.3, -0.25) is 19.3 Å². The molecule has 3 amide bonds. The first kappa shape index (κ1) is 43.6. The monoisotopic (exact) mass is 721 g/mol. The fraction of sp³-hybridized carbons (Fsp3) is 0.737. The minimum Gasteiger partial charge on any atom is -0.493 e. The first-order valence-electron chi connectivity index (χ1n) is 17.9. The molecule has 1 aromatic carbocycles. The lowest BCUT2D eigenvalue weighted by Gasteiger charge is -2.33. The molecule has 1 heterocycles. The summed E-state index contributed by atoms with van der Waals surface area (Å²) in [5, 5.41) is 2.91. The molecule has 1 fully saturated rings. The number of nitrogens with two attached hydrogens (primary N) is 1. The van der Waals surface area contributed by atoms with E-state index < -0.39 is 53.7 Å². The van der Waals surface area contributed by atoms with Gasteiger partial charge in [0.05, 0.1) is 36.7 Å². The number of ether oxygens (including phenoxy) is 6. The number of primary amides is 1. The minimum absolute atomic E-state index is 0.0463. The second-order valence-electron chi connectivity index (χ2n) is 15.8. The molecule has 51 heavy (non-hydrogen) atoms. The average molecular weight is 722 g/mol. The highest BCUT2D eigenvalue weighted by molar-refractivity contribution is 5.83. The molecule has 0 bridgehead atoms. The van der Waals surface area contributed by atoms with Gasteiger partial charge in [0.2, 0.25) is 18.6 Å². The third kappa shape index (κ3) is 13.5. The molecule has 2 rings (SSSR count). The first-order valence-corrected chi connectivity index (χ1v) is 17.9. The van der Waals surface area contributed by atoms with Crippen molar-refractivity contribution in [3.8, 4) is 11.5 Å². The smallest absolute Gasteiger partial charge is 0.414 e. The van der Waals surface area contributed by atoms with Crippen LogP contribution in [-0.2, 0) is 39.8 Å². The van der Waals surface area contributed by atoms with Crippen molar-refractivity contribution in [3.63, 3.8) is 0 Å². The topological polar surface area (TPSA) is 165 Å². The van der Waals surface area contributed by atoms with Crippen LogP contribution < -0.4 is 20.5 Å². The van der Waals surface area contributed by atoms with Crippen LogP contribution in [0.2, 0.25) is 0 Å². The fourth-order valence-corrected chi connectivity index (χ4v) is 5.72. The second-order valence-corrected chi connectivity index (χ2v) is 15.8. The van der Waals surface area contributed by atoms with Gasteiger partial charge in [-0.2, -0.15) is 0 Å². The Morgan fingerprint density at radius 1 is 0.961 bits per heavy atom. The third-order valence-corrected chi connectivity index (χ3v) is 9.44. The number of amides is 3. The number of benzene rings is 1. The van der Waals surface area contributed by atoms with Crippen molar-refractivity contribution in [2.45, 2.75) is 100 Å². The maximum absolute atomic E-state index is 13.5. The number of nitrogens with zero attached hydrogens (tertiary/aromatic N) is 1. The Kier molecular flexibility index (Phi) is 17.0. The zero-order chi connectivity index (χ0) is 38.5. The van der Waals surface area contributed by atoms with Crippen LogP contribution in [0.4, 0.5) is 4.79 Å². The van der Waals surface area contributed by atoms with Gasteiger partial charge in [0.1, 0.15) is 6.73 Å². The highest BCUT2D eigenvalue weighted by atomic mass is 16.7. The van der Waals surface area contributed by atoms with Crippen molar-refractivity contribution in [1.29, 1.82) is 0 Å². The molecule has 1 aliphatic heterocycles. The summed E-state index contributed by atoms with van der Waals surface area (Å²) in [5.74, 6) is -0.158. The lowest BCUT2D eigenvalue weighted by molar-refractivity contribution is -0.162. The van der Waals surface area contributed by atoms with E-state index in [9.17, 15) is 19.2 Å². The molecule has 13 heteroatoms. The predicted molar refractivity (Wildman–Crippen MR) is 193 cm³/mol. The molecule has 1 saturated heterocycles. The molecule has 0 aromatic heterocycles. The van der Waals surface area contributed by atoms with E-state index >= 15 is 0 Å². The Labute approximate surface area is 304 Å². The summed E-state index contributed by atoms with van der Waals surface area (Å²) >= 11 is 0. The number of carbonyl (C=O) groups is 4. The van der Waals surface area contributed by atoms with E-state index in [2.05, 4.69) is 19.2 Å². The Morgan fingerprint density at radius 2 is 1.65 bits per heavy atom. The lowest BCUT2D eigenvalue weighted by Crippen LogP contribution is -2.47. The fourth-order valence-electron chi connectivity index (χ4n) is 5.72. The molecule has 0 radical (unpaired) electrons. The van der Waals surface area contributed by atoms with Crippen LogP contribution >= 0.6 is 0 Å². The van der Waals surface area contributed by atoms with E-state index in [1.807, 2.05) is 32.0 Å². The molecule has 290 valence electrons. The van der Waals surface area contributed by atoms with Gasteiger partial charge in [-0.05, 0) is 89.3 Å². The van der Waals surface area contributed by atoms with Gasteiger partial charge in [0.25, 0.3) is 0 Å². The van der Waals surface area contributed by atoms with Gasteiger partial charge in [-0.25, -0.2) is 4.79 Å². The van der Waals surface area contributed by atoms with Crippen molar-refractivity contribution in [2.75, 3.05) is 47.5 Å². The maximum Gasteiger partial charge on any atom is 0.414 e. The van der Waals surface area contributed by atoms with Crippen LogP contribution in [-0.4, -0.2) is 88.4 Å². The van der Waals surface area contributed by atoms with Crippen LogP contribution in [0.25, 0.3) is 0 Å². The van der Waals surface area contributed by atoms with Crippen LogP contribution in [0.5, 0.6) is 11.5 Å². The van der Waals surface area contributed by atoms with Crippen LogP contribution in [0.15, 0.2) is 18.2 Å². The highest BCUT2D eigenvalue weighted by Crippen LogP contribution is 2.36. The molecule has 0 spiro atoms. The van der Waals surface area contributed by atoms with E-state index in [4.69, 9.17) is 34.2 Å². The number of hydrogen-bond donors (Lipinski definition) is 2. The molecule has 0 aliphatic carbocycles. The summed E-state index contributed by atoms with van der Waals surface area (Å²) in [4.78, 5) is 52.7. The summed E-state index contributed by atoms with van der Waals surface area (Å²) < 4.78 is 33.6. The van der Waals surface area contributed by atoms with Crippen molar-refractivity contribution in [2.24, 2.45) is 40.2 Å². The van der Waals surface area contributed by atoms with E-state index in [-0.39, 0.29) is 36.9 Å². The number of nitrogens with one attached hydrogen (secondary N) is 1. The summed E-state index contributed by atoms with van der Waals surface area (Å²) in [6.45, 7) is 17.3. The minimum atomic E-state index is -0.915. The molecular formula is C38H63N3O10. The third-order valence-electron chi connectivity index (χ3n) is 9.44. The Morgan fingerprint density at radius 3 is 2.22 bits per heavy atom. The first-order chi connectivity index (χ1) is 23.8. The van der Waals surface area contributed by atoms with Gasteiger partial charge < -0.3 is 39.5 Å². The van der Waals surface area contributed by atoms with E-state index in [1.165, 1.54) is 4.90 Å². The van der Waals surface area contributed by atoms with Crippen molar-refractivity contribution >= 4 is 23.9 Å². The SMILES string of the molecule is COCCCOc1cc(C[C@H](CC2C(C[C@H](C(=O)NCC(C)(C)C(N)=O)C(C)C)OCN2C(=O)OCOC(=O)C(C)(C)C)C(C)C)ccc1OC. The number of methoxy groups -OCH3 is 2.